The lowest BCUT2D eigenvalue weighted by Gasteiger charge is -1.95. The average Bonchev–Trinajstić information content (AvgIpc) is 2.79. The first-order valence-electron chi connectivity index (χ1n) is 4.66. The SMILES string of the molecule is O=C(O)c1cccc(N=Cc2cccs2)c1. The van der Waals surface area contributed by atoms with Crippen molar-refractivity contribution >= 4 is 29.2 Å². The second-order valence-electron chi connectivity index (χ2n) is 3.13. The smallest absolute Gasteiger partial charge is 0.335 e. The Hall–Kier alpha value is -1.94. The van der Waals surface area contributed by atoms with Crippen LogP contribution in [0, 0.1) is 0 Å². The fourth-order valence-electron chi connectivity index (χ4n) is 1.22. The number of carbonyl (C=O) groups is 1. The Morgan fingerprint density at radius 2 is 2.19 bits per heavy atom. The van der Waals surface area contributed by atoms with Crippen LogP contribution in [0.15, 0.2) is 46.8 Å². The Balaban J connectivity index is 2.22. The van der Waals surface area contributed by atoms with Gasteiger partial charge in [0, 0.05) is 11.1 Å². The van der Waals surface area contributed by atoms with E-state index in [-0.39, 0.29) is 5.56 Å². The zero-order valence-electron chi connectivity index (χ0n) is 8.33. The number of carboxylic acid groups (broad SMARTS) is 1. The molecule has 0 aliphatic rings. The van der Waals surface area contributed by atoms with Gasteiger partial charge >= 0.3 is 5.97 Å². The van der Waals surface area contributed by atoms with Crippen molar-refractivity contribution in [2.45, 2.75) is 0 Å². The summed E-state index contributed by atoms with van der Waals surface area (Å²) >= 11 is 1.59. The molecule has 80 valence electrons. The number of hydrogen-bond acceptors (Lipinski definition) is 3. The molecule has 16 heavy (non-hydrogen) atoms. The molecular formula is C12H9NO2S. The van der Waals surface area contributed by atoms with Gasteiger partial charge in [-0.3, -0.25) is 4.99 Å². The first-order chi connectivity index (χ1) is 7.75. The van der Waals surface area contributed by atoms with E-state index in [9.17, 15) is 4.79 Å². The van der Waals surface area contributed by atoms with E-state index in [4.69, 9.17) is 5.11 Å². The van der Waals surface area contributed by atoms with Crippen molar-refractivity contribution in [3.8, 4) is 0 Å². The molecule has 3 nitrogen and oxygen atoms in total. The quantitative estimate of drug-likeness (QED) is 0.825. The van der Waals surface area contributed by atoms with Crippen LogP contribution in [0.4, 0.5) is 5.69 Å². The predicted octanol–water partition coefficient (Wildman–Crippen LogP) is 3.20. The number of benzene rings is 1. The van der Waals surface area contributed by atoms with E-state index in [0.717, 1.165) is 4.88 Å². The van der Waals surface area contributed by atoms with Crippen molar-refractivity contribution in [1.82, 2.24) is 0 Å². The molecule has 1 N–H and O–H groups in total. The lowest BCUT2D eigenvalue weighted by Crippen LogP contribution is -1.94. The highest BCUT2D eigenvalue weighted by molar-refractivity contribution is 7.11. The van der Waals surface area contributed by atoms with Gasteiger partial charge in [-0.1, -0.05) is 12.1 Å². The zero-order valence-corrected chi connectivity index (χ0v) is 9.15. The molecule has 1 aromatic heterocycles. The van der Waals surface area contributed by atoms with Crippen LogP contribution in [0.5, 0.6) is 0 Å². The third-order valence-corrected chi connectivity index (χ3v) is 2.78. The van der Waals surface area contributed by atoms with Crippen molar-refractivity contribution in [2.75, 3.05) is 0 Å². The van der Waals surface area contributed by atoms with Gasteiger partial charge in [0.2, 0.25) is 0 Å². The van der Waals surface area contributed by atoms with E-state index in [1.54, 1.807) is 41.8 Å². The molecule has 2 rings (SSSR count). The van der Waals surface area contributed by atoms with Gasteiger partial charge < -0.3 is 5.11 Å². The number of aromatic carboxylic acids is 1. The van der Waals surface area contributed by atoms with Crippen LogP contribution >= 0.6 is 11.3 Å². The highest BCUT2D eigenvalue weighted by Gasteiger charge is 2.01. The summed E-state index contributed by atoms with van der Waals surface area (Å²) in [6, 6.07) is 10.5. The zero-order chi connectivity index (χ0) is 11.4. The van der Waals surface area contributed by atoms with Gasteiger partial charge in [0.05, 0.1) is 11.3 Å². The largest absolute Gasteiger partial charge is 0.478 e. The number of rotatable bonds is 3. The lowest BCUT2D eigenvalue weighted by molar-refractivity contribution is 0.0697. The molecule has 0 unspecified atom stereocenters. The lowest BCUT2D eigenvalue weighted by atomic mass is 10.2. The minimum Gasteiger partial charge on any atom is -0.478 e. The molecule has 0 atom stereocenters. The van der Waals surface area contributed by atoms with Crippen molar-refractivity contribution in [1.29, 1.82) is 0 Å². The van der Waals surface area contributed by atoms with Crippen molar-refractivity contribution in [3.05, 3.63) is 52.2 Å². The van der Waals surface area contributed by atoms with Crippen LogP contribution < -0.4 is 0 Å². The molecule has 0 saturated carbocycles. The molecular weight excluding hydrogens is 222 g/mol. The van der Waals surface area contributed by atoms with Crippen LogP contribution in [0.25, 0.3) is 0 Å². The maximum atomic E-state index is 10.7. The first-order valence-corrected chi connectivity index (χ1v) is 5.54. The number of aliphatic imine (C=N–C) groups is 1. The van der Waals surface area contributed by atoms with Crippen molar-refractivity contribution in [2.24, 2.45) is 4.99 Å². The van der Waals surface area contributed by atoms with Crippen LogP contribution in [-0.4, -0.2) is 17.3 Å². The maximum absolute atomic E-state index is 10.7. The Labute approximate surface area is 96.7 Å². The van der Waals surface area contributed by atoms with Crippen LogP contribution in [0.1, 0.15) is 15.2 Å². The molecule has 0 radical (unpaired) electrons. The molecule has 1 aromatic carbocycles. The van der Waals surface area contributed by atoms with Crippen LogP contribution in [0.2, 0.25) is 0 Å². The van der Waals surface area contributed by atoms with Gasteiger partial charge in [-0.05, 0) is 29.6 Å². The van der Waals surface area contributed by atoms with E-state index in [1.807, 2.05) is 17.5 Å². The van der Waals surface area contributed by atoms with Gasteiger partial charge in [0.1, 0.15) is 0 Å². The molecule has 0 aliphatic heterocycles. The predicted molar refractivity (Wildman–Crippen MR) is 65.0 cm³/mol. The Morgan fingerprint density at radius 3 is 2.88 bits per heavy atom. The summed E-state index contributed by atoms with van der Waals surface area (Å²) in [5.41, 5.74) is 0.897. The summed E-state index contributed by atoms with van der Waals surface area (Å²) < 4.78 is 0. The fourth-order valence-corrected chi connectivity index (χ4v) is 1.81. The number of thiophene rings is 1. The standard InChI is InChI=1S/C12H9NO2S/c14-12(15)9-3-1-4-10(7-9)13-8-11-5-2-6-16-11/h1-8H,(H,14,15). The van der Waals surface area contributed by atoms with Crippen LogP contribution in [-0.2, 0) is 0 Å². The summed E-state index contributed by atoms with van der Waals surface area (Å²) in [5.74, 6) is -0.937. The van der Waals surface area contributed by atoms with Crippen molar-refractivity contribution in [3.63, 3.8) is 0 Å². The number of hydrogen-bond donors (Lipinski definition) is 1. The molecule has 0 saturated heterocycles. The summed E-state index contributed by atoms with van der Waals surface area (Å²) in [5, 5.41) is 10.8. The highest BCUT2D eigenvalue weighted by Crippen LogP contribution is 2.15. The van der Waals surface area contributed by atoms with E-state index < -0.39 is 5.97 Å². The topological polar surface area (TPSA) is 49.7 Å². The Kier molecular flexibility index (Phi) is 3.12. The minimum atomic E-state index is -0.937. The third kappa shape index (κ3) is 2.55. The molecule has 0 amide bonds. The Morgan fingerprint density at radius 1 is 1.31 bits per heavy atom. The molecule has 0 spiro atoms. The normalized spacial score (nSPS) is 10.8. The molecule has 1 heterocycles. The van der Waals surface area contributed by atoms with Crippen molar-refractivity contribution < 1.29 is 9.90 Å². The highest BCUT2D eigenvalue weighted by atomic mass is 32.1. The first kappa shape index (κ1) is 10.6. The molecule has 0 fully saturated rings. The van der Waals surface area contributed by atoms with E-state index in [2.05, 4.69) is 4.99 Å². The van der Waals surface area contributed by atoms with Crippen LogP contribution in [0.3, 0.4) is 0 Å². The molecule has 2 aromatic rings. The number of carboxylic acids is 1. The summed E-state index contributed by atoms with van der Waals surface area (Å²) in [7, 11) is 0. The summed E-state index contributed by atoms with van der Waals surface area (Å²) in [4.78, 5) is 16.0. The van der Waals surface area contributed by atoms with Gasteiger partial charge in [0.25, 0.3) is 0 Å². The third-order valence-electron chi connectivity index (χ3n) is 1.98. The van der Waals surface area contributed by atoms with E-state index >= 15 is 0 Å². The van der Waals surface area contributed by atoms with Gasteiger partial charge in [-0.15, -0.1) is 11.3 Å². The number of nitrogens with zero attached hydrogens (tertiary/aromatic N) is 1. The van der Waals surface area contributed by atoms with E-state index in [0.29, 0.717) is 5.69 Å². The molecule has 4 heteroatoms. The summed E-state index contributed by atoms with van der Waals surface area (Å²) in [6.45, 7) is 0. The second-order valence-corrected chi connectivity index (χ2v) is 4.11. The Bertz CT molecular complexity index is 518. The van der Waals surface area contributed by atoms with Gasteiger partial charge in [0.15, 0.2) is 0 Å². The maximum Gasteiger partial charge on any atom is 0.335 e. The summed E-state index contributed by atoms with van der Waals surface area (Å²) in [6.07, 6.45) is 1.73. The van der Waals surface area contributed by atoms with E-state index in [1.165, 1.54) is 0 Å². The monoisotopic (exact) mass is 231 g/mol. The van der Waals surface area contributed by atoms with Gasteiger partial charge in [-0.2, -0.15) is 0 Å². The molecule has 0 bridgehead atoms. The van der Waals surface area contributed by atoms with Gasteiger partial charge in [-0.25, -0.2) is 4.79 Å². The molecule has 0 aliphatic carbocycles. The minimum absolute atomic E-state index is 0.251. The average molecular weight is 231 g/mol. The fraction of sp³-hybridized carbons (Fsp3) is 0. The second kappa shape index (κ2) is 4.72.